The van der Waals surface area contributed by atoms with Crippen LogP contribution < -0.4 is 5.43 Å². The van der Waals surface area contributed by atoms with Crippen molar-refractivity contribution in [2.45, 2.75) is 6.54 Å². The molecule has 0 saturated carbocycles. The summed E-state index contributed by atoms with van der Waals surface area (Å²) < 4.78 is 1.98. The quantitative estimate of drug-likeness (QED) is 0.689. The molecular weight excluding hydrogens is 293 g/mol. The van der Waals surface area contributed by atoms with Crippen LogP contribution in [-0.4, -0.2) is 4.57 Å². The van der Waals surface area contributed by atoms with E-state index in [1.54, 1.807) is 12.3 Å². The molecular formula is C16H11Cl2NO. The Morgan fingerprint density at radius 2 is 1.60 bits per heavy atom. The molecule has 0 fully saturated rings. The molecule has 0 aliphatic heterocycles. The molecule has 0 N–H and O–H groups in total. The predicted octanol–water partition coefficient (Wildman–Crippen LogP) is 4.36. The fraction of sp³-hybridized carbons (Fsp3) is 0.0625. The number of fused-ring (bicyclic) bond motifs is 1. The summed E-state index contributed by atoms with van der Waals surface area (Å²) in [6, 6.07) is 14.5. The number of rotatable bonds is 2. The van der Waals surface area contributed by atoms with Crippen molar-refractivity contribution in [3.05, 3.63) is 80.6 Å². The molecule has 3 aromatic rings. The van der Waals surface area contributed by atoms with Gasteiger partial charge in [-0.05, 0) is 24.3 Å². The molecule has 0 aliphatic rings. The SMILES string of the molecule is O=c1ccn(Cc2c(Cl)cccc2Cl)c2ccccc12. The second-order valence-electron chi connectivity index (χ2n) is 4.53. The van der Waals surface area contributed by atoms with E-state index in [1.165, 1.54) is 0 Å². The fourth-order valence-electron chi connectivity index (χ4n) is 2.25. The molecule has 1 aromatic heterocycles. The van der Waals surface area contributed by atoms with Gasteiger partial charge in [0.2, 0.25) is 0 Å². The summed E-state index contributed by atoms with van der Waals surface area (Å²) in [6.45, 7) is 0.527. The fourth-order valence-corrected chi connectivity index (χ4v) is 2.77. The van der Waals surface area contributed by atoms with E-state index in [2.05, 4.69) is 0 Å². The zero-order valence-electron chi connectivity index (χ0n) is 10.5. The van der Waals surface area contributed by atoms with Crippen molar-refractivity contribution >= 4 is 34.1 Å². The predicted molar refractivity (Wildman–Crippen MR) is 83.8 cm³/mol. The Balaban J connectivity index is 2.17. The Labute approximate surface area is 126 Å². The molecule has 100 valence electrons. The highest BCUT2D eigenvalue weighted by Gasteiger charge is 2.08. The van der Waals surface area contributed by atoms with Crippen LogP contribution in [0.2, 0.25) is 10.0 Å². The Kier molecular flexibility index (Phi) is 3.51. The molecule has 3 rings (SSSR count). The Morgan fingerprint density at radius 3 is 2.35 bits per heavy atom. The lowest BCUT2D eigenvalue weighted by atomic mass is 10.1. The third kappa shape index (κ3) is 2.33. The van der Waals surface area contributed by atoms with Gasteiger partial charge in [-0.3, -0.25) is 4.79 Å². The van der Waals surface area contributed by atoms with E-state index in [0.29, 0.717) is 22.0 Å². The van der Waals surface area contributed by atoms with Gasteiger partial charge >= 0.3 is 0 Å². The summed E-state index contributed by atoms with van der Waals surface area (Å²) in [5.74, 6) is 0. The average Bonchev–Trinajstić information content (AvgIpc) is 2.46. The molecule has 20 heavy (non-hydrogen) atoms. The zero-order valence-corrected chi connectivity index (χ0v) is 12.0. The van der Waals surface area contributed by atoms with E-state index in [4.69, 9.17) is 23.2 Å². The van der Waals surface area contributed by atoms with Gasteiger partial charge in [-0.15, -0.1) is 0 Å². The van der Waals surface area contributed by atoms with Gasteiger partial charge in [0, 0.05) is 33.3 Å². The summed E-state index contributed by atoms with van der Waals surface area (Å²) in [7, 11) is 0. The van der Waals surface area contributed by atoms with Crippen LogP contribution in [0.5, 0.6) is 0 Å². The molecule has 0 amide bonds. The first kappa shape index (κ1) is 13.2. The Bertz CT molecular complexity index is 819. The van der Waals surface area contributed by atoms with Crippen molar-refractivity contribution in [3.63, 3.8) is 0 Å². The van der Waals surface area contributed by atoms with E-state index in [0.717, 1.165) is 11.1 Å². The van der Waals surface area contributed by atoms with E-state index < -0.39 is 0 Å². The van der Waals surface area contributed by atoms with Crippen molar-refractivity contribution in [1.82, 2.24) is 4.57 Å². The molecule has 1 heterocycles. The van der Waals surface area contributed by atoms with Gasteiger partial charge in [0.1, 0.15) is 0 Å². The van der Waals surface area contributed by atoms with E-state index in [9.17, 15) is 4.79 Å². The molecule has 0 atom stereocenters. The van der Waals surface area contributed by atoms with Crippen LogP contribution in [0.3, 0.4) is 0 Å². The second-order valence-corrected chi connectivity index (χ2v) is 5.34. The second kappa shape index (κ2) is 5.31. The van der Waals surface area contributed by atoms with Crippen molar-refractivity contribution in [2.24, 2.45) is 0 Å². The van der Waals surface area contributed by atoms with E-state index >= 15 is 0 Å². The van der Waals surface area contributed by atoms with Gasteiger partial charge < -0.3 is 4.57 Å². The highest BCUT2D eigenvalue weighted by atomic mass is 35.5. The summed E-state index contributed by atoms with van der Waals surface area (Å²) in [5, 5.41) is 1.94. The van der Waals surface area contributed by atoms with Crippen LogP contribution in [0.25, 0.3) is 10.9 Å². The van der Waals surface area contributed by atoms with Gasteiger partial charge in [0.25, 0.3) is 0 Å². The third-order valence-corrected chi connectivity index (χ3v) is 3.98. The van der Waals surface area contributed by atoms with Gasteiger partial charge in [0.05, 0.1) is 12.1 Å². The third-order valence-electron chi connectivity index (χ3n) is 3.27. The number of hydrogen-bond acceptors (Lipinski definition) is 1. The molecule has 0 unspecified atom stereocenters. The molecule has 4 heteroatoms. The van der Waals surface area contributed by atoms with Crippen molar-refractivity contribution in [1.29, 1.82) is 0 Å². The summed E-state index contributed by atoms with van der Waals surface area (Å²) >= 11 is 12.4. The van der Waals surface area contributed by atoms with Gasteiger partial charge in [-0.2, -0.15) is 0 Å². The smallest absolute Gasteiger partial charge is 0.189 e. The lowest BCUT2D eigenvalue weighted by Gasteiger charge is -2.13. The first-order valence-corrected chi connectivity index (χ1v) is 6.93. The van der Waals surface area contributed by atoms with E-state index in [1.807, 2.05) is 47.0 Å². The van der Waals surface area contributed by atoms with E-state index in [-0.39, 0.29) is 5.43 Å². The van der Waals surface area contributed by atoms with Crippen LogP contribution in [0, 0.1) is 0 Å². The minimum absolute atomic E-state index is 0.0158. The molecule has 0 aliphatic carbocycles. The molecule has 0 spiro atoms. The number of nitrogens with zero attached hydrogens (tertiary/aromatic N) is 1. The van der Waals surface area contributed by atoms with Gasteiger partial charge in [-0.1, -0.05) is 41.4 Å². The number of pyridine rings is 1. The van der Waals surface area contributed by atoms with Gasteiger partial charge in [0.15, 0.2) is 5.43 Å². The lowest BCUT2D eigenvalue weighted by molar-refractivity contribution is 0.826. The molecule has 0 bridgehead atoms. The largest absolute Gasteiger partial charge is 0.343 e. The van der Waals surface area contributed by atoms with Crippen LogP contribution >= 0.6 is 23.2 Å². The van der Waals surface area contributed by atoms with Gasteiger partial charge in [-0.25, -0.2) is 0 Å². The number of hydrogen-bond donors (Lipinski definition) is 0. The van der Waals surface area contributed by atoms with Crippen molar-refractivity contribution in [3.8, 4) is 0 Å². The minimum atomic E-state index is 0.0158. The average molecular weight is 304 g/mol. The Hall–Kier alpha value is -1.77. The first-order chi connectivity index (χ1) is 9.66. The van der Waals surface area contributed by atoms with Crippen LogP contribution in [0.4, 0.5) is 0 Å². The summed E-state index contributed by atoms with van der Waals surface area (Å²) in [5.41, 5.74) is 1.74. The van der Waals surface area contributed by atoms with Crippen molar-refractivity contribution in [2.75, 3.05) is 0 Å². The molecule has 2 aromatic carbocycles. The summed E-state index contributed by atoms with van der Waals surface area (Å²) in [4.78, 5) is 11.9. The molecule has 0 radical (unpaired) electrons. The number of benzene rings is 2. The van der Waals surface area contributed by atoms with Crippen molar-refractivity contribution < 1.29 is 0 Å². The number of para-hydroxylation sites is 1. The zero-order chi connectivity index (χ0) is 14.1. The summed E-state index contributed by atoms with van der Waals surface area (Å²) in [6.07, 6.45) is 1.77. The highest BCUT2D eigenvalue weighted by Crippen LogP contribution is 2.26. The number of halogens is 2. The first-order valence-electron chi connectivity index (χ1n) is 6.18. The van der Waals surface area contributed by atoms with Crippen LogP contribution in [0.15, 0.2) is 59.5 Å². The highest BCUT2D eigenvalue weighted by molar-refractivity contribution is 6.36. The number of aromatic nitrogens is 1. The molecule has 2 nitrogen and oxygen atoms in total. The normalized spacial score (nSPS) is 10.9. The van der Waals surface area contributed by atoms with Crippen LogP contribution in [-0.2, 0) is 6.54 Å². The van der Waals surface area contributed by atoms with Crippen LogP contribution in [0.1, 0.15) is 5.56 Å². The lowest BCUT2D eigenvalue weighted by Crippen LogP contribution is -2.09. The molecule has 0 saturated heterocycles. The topological polar surface area (TPSA) is 22.0 Å². The maximum atomic E-state index is 11.9. The maximum absolute atomic E-state index is 11.9. The standard InChI is InChI=1S/C16H11Cl2NO/c17-13-5-3-6-14(18)12(13)10-19-9-8-16(20)11-4-1-2-7-15(11)19/h1-9H,10H2. The Morgan fingerprint density at radius 1 is 0.900 bits per heavy atom. The maximum Gasteiger partial charge on any atom is 0.189 e. The minimum Gasteiger partial charge on any atom is -0.343 e. The monoisotopic (exact) mass is 303 g/mol.